The maximum absolute atomic E-state index is 11.1. The van der Waals surface area contributed by atoms with Gasteiger partial charge in [0.25, 0.3) is 0 Å². The number of hydrogen-bond donors (Lipinski definition) is 0. The molecule has 0 aromatic rings. The van der Waals surface area contributed by atoms with Crippen molar-refractivity contribution in [2.75, 3.05) is 0 Å². The minimum Gasteiger partial charge on any atom is -0.300 e. The molecule has 0 N–H and O–H groups in total. The number of carbonyl (C=O) groups excluding carboxylic acids is 2. The van der Waals surface area contributed by atoms with Gasteiger partial charge in [0.2, 0.25) is 0 Å². The number of carbonyl (C=O) groups is 2. The number of hydrogen-bond acceptors (Lipinski definition) is 3. The smallest absolute Gasteiger partial charge is 0.159 e. The quantitative estimate of drug-likeness (QED) is 0.570. The van der Waals surface area contributed by atoms with Crippen LogP contribution in [-0.2, 0) is 9.59 Å². The molecule has 0 unspecified atom stereocenters. The Morgan fingerprint density at radius 2 is 1.91 bits per heavy atom. The van der Waals surface area contributed by atoms with Crippen molar-refractivity contribution in [1.29, 1.82) is 5.26 Å². The van der Waals surface area contributed by atoms with Gasteiger partial charge in [0.05, 0.1) is 12.5 Å². The Morgan fingerprint density at radius 1 is 1.45 bits per heavy atom. The average Bonchev–Trinajstić information content (AvgIpc) is 1.86. The van der Waals surface area contributed by atoms with Crippen molar-refractivity contribution >= 4 is 11.6 Å². The van der Waals surface area contributed by atoms with Gasteiger partial charge in [-0.15, -0.1) is 0 Å². The molecule has 0 aliphatic carbocycles. The average molecular weight is 153 g/mol. The summed E-state index contributed by atoms with van der Waals surface area (Å²) in [5, 5.41) is 8.50. The Bertz CT molecular complexity index is 223. The first kappa shape index (κ1) is 9.83. The molecular formula is C8H11NO2. The van der Waals surface area contributed by atoms with E-state index in [-0.39, 0.29) is 18.0 Å². The SMILES string of the molecule is CC(=O)CC(=O)C(C)(C)C#N. The highest BCUT2D eigenvalue weighted by Crippen LogP contribution is 2.16. The second kappa shape index (κ2) is 3.29. The van der Waals surface area contributed by atoms with Gasteiger partial charge < -0.3 is 0 Å². The van der Waals surface area contributed by atoms with Crippen molar-refractivity contribution in [1.82, 2.24) is 0 Å². The fourth-order valence-corrected chi connectivity index (χ4v) is 0.509. The summed E-state index contributed by atoms with van der Waals surface area (Å²) < 4.78 is 0. The third kappa shape index (κ3) is 2.94. The summed E-state index contributed by atoms with van der Waals surface area (Å²) in [5.41, 5.74) is -1.02. The van der Waals surface area contributed by atoms with Gasteiger partial charge in [-0.05, 0) is 20.8 Å². The third-order valence-corrected chi connectivity index (χ3v) is 1.39. The molecule has 3 heteroatoms. The van der Waals surface area contributed by atoms with E-state index in [1.807, 2.05) is 6.07 Å². The van der Waals surface area contributed by atoms with E-state index in [1.165, 1.54) is 20.8 Å². The van der Waals surface area contributed by atoms with Crippen LogP contribution in [0, 0.1) is 16.7 Å². The largest absolute Gasteiger partial charge is 0.300 e. The van der Waals surface area contributed by atoms with E-state index in [0.717, 1.165) is 0 Å². The van der Waals surface area contributed by atoms with Crippen LogP contribution in [0.4, 0.5) is 0 Å². The Hall–Kier alpha value is -1.17. The lowest BCUT2D eigenvalue weighted by atomic mass is 9.87. The Balaban J connectivity index is 4.28. The van der Waals surface area contributed by atoms with Gasteiger partial charge in [0.1, 0.15) is 11.2 Å². The number of nitrogens with zero attached hydrogens (tertiary/aromatic N) is 1. The minimum absolute atomic E-state index is 0.138. The van der Waals surface area contributed by atoms with E-state index in [0.29, 0.717) is 0 Å². The second-order valence-corrected chi connectivity index (χ2v) is 3.04. The second-order valence-electron chi connectivity index (χ2n) is 3.04. The molecule has 0 aliphatic heterocycles. The molecule has 60 valence electrons. The molecule has 0 rings (SSSR count). The first-order valence-electron chi connectivity index (χ1n) is 3.34. The molecule has 0 atom stereocenters. The van der Waals surface area contributed by atoms with Gasteiger partial charge >= 0.3 is 0 Å². The van der Waals surface area contributed by atoms with Crippen molar-refractivity contribution in [2.24, 2.45) is 5.41 Å². The lowest BCUT2D eigenvalue weighted by molar-refractivity contribution is -0.129. The lowest BCUT2D eigenvalue weighted by Gasteiger charge is -2.11. The van der Waals surface area contributed by atoms with Crippen LogP contribution in [-0.4, -0.2) is 11.6 Å². The van der Waals surface area contributed by atoms with Crippen LogP contribution in [0.3, 0.4) is 0 Å². The van der Waals surface area contributed by atoms with Gasteiger partial charge in [-0.2, -0.15) is 5.26 Å². The Kier molecular flexibility index (Phi) is 2.94. The summed E-state index contributed by atoms with van der Waals surface area (Å²) in [5.74, 6) is -0.508. The molecular weight excluding hydrogens is 142 g/mol. The van der Waals surface area contributed by atoms with E-state index < -0.39 is 5.41 Å². The Labute approximate surface area is 66.0 Å². The lowest BCUT2D eigenvalue weighted by Crippen LogP contribution is -2.23. The molecule has 0 heterocycles. The maximum Gasteiger partial charge on any atom is 0.159 e. The molecule has 0 fully saturated rings. The molecule has 3 nitrogen and oxygen atoms in total. The van der Waals surface area contributed by atoms with Crippen LogP contribution in [0.1, 0.15) is 27.2 Å². The van der Waals surface area contributed by atoms with E-state index in [1.54, 1.807) is 0 Å². The summed E-state index contributed by atoms with van der Waals surface area (Å²) in [6.07, 6.45) is -0.138. The topological polar surface area (TPSA) is 57.9 Å². The number of nitriles is 1. The van der Waals surface area contributed by atoms with Crippen LogP contribution < -0.4 is 0 Å². The van der Waals surface area contributed by atoms with Gasteiger partial charge in [0, 0.05) is 0 Å². The van der Waals surface area contributed by atoms with Crippen LogP contribution in [0.25, 0.3) is 0 Å². The highest BCUT2D eigenvalue weighted by Gasteiger charge is 2.27. The summed E-state index contributed by atoms with van der Waals surface area (Å²) in [6, 6.07) is 1.84. The van der Waals surface area contributed by atoms with E-state index in [2.05, 4.69) is 0 Å². The standard InChI is InChI=1S/C8H11NO2/c1-6(10)4-7(11)8(2,3)5-9/h4H2,1-3H3. The zero-order chi connectivity index (χ0) is 9.07. The molecule has 0 bridgehead atoms. The van der Waals surface area contributed by atoms with E-state index in [9.17, 15) is 9.59 Å². The van der Waals surface area contributed by atoms with Crippen LogP contribution >= 0.6 is 0 Å². The third-order valence-electron chi connectivity index (χ3n) is 1.39. The molecule has 0 saturated heterocycles. The molecule has 11 heavy (non-hydrogen) atoms. The predicted molar refractivity (Wildman–Crippen MR) is 39.7 cm³/mol. The van der Waals surface area contributed by atoms with Crippen molar-refractivity contribution < 1.29 is 9.59 Å². The zero-order valence-corrected chi connectivity index (χ0v) is 6.97. The van der Waals surface area contributed by atoms with Gasteiger partial charge in [-0.3, -0.25) is 9.59 Å². The number of ketones is 2. The molecule has 0 saturated carbocycles. The van der Waals surface area contributed by atoms with Crippen LogP contribution in [0.15, 0.2) is 0 Å². The normalized spacial score (nSPS) is 10.4. The summed E-state index contributed by atoms with van der Waals surface area (Å²) in [7, 11) is 0. The number of rotatable bonds is 3. The molecule has 0 amide bonds. The van der Waals surface area contributed by atoms with Crippen molar-refractivity contribution in [3.8, 4) is 6.07 Å². The van der Waals surface area contributed by atoms with Crippen LogP contribution in [0.5, 0.6) is 0 Å². The fraction of sp³-hybridized carbons (Fsp3) is 0.625. The first-order valence-corrected chi connectivity index (χ1v) is 3.34. The summed E-state index contributed by atoms with van der Waals surface area (Å²) >= 11 is 0. The van der Waals surface area contributed by atoms with Crippen molar-refractivity contribution in [2.45, 2.75) is 27.2 Å². The highest BCUT2D eigenvalue weighted by atomic mass is 16.1. The molecule has 0 aromatic carbocycles. The van der Waals surface area contributed by atoms with E-state index >= 15 is 0 Å². The monoisotopic (exact) mass is 153 g/mol. The van der Waals surface area contributed by atoms with Gasteiger partial charge in [0.15, 0.2) is 5.78 Å². The molecule has 0 spiro atoms. The predicted octanol–water partition coefficient (Wildman–Crippen LogP) is 1.08. The van der Waals surface area contributed by atoms with Gasteiger partial charge in [-0.1, -0.05) is 0 Å². The van der Waals surface area contributed by atoms with E-state index in [4.69, 9.17) is 5.26 Å². The van der Waals surface area contributed by atoms with Crippen LogP contribution in [0.2, 0.25) is 0 Å². The van der Waals surface area contributed by atoms with Gasteiger partial charge in [-0.25, -0.2) is 0 Å². The first-order chi connectivity index (χ1) is 4.90. The minimum atomic E-state index is -1.02. The zero-order valence-electron chi connectivity index (χ0n) is 6.97. The Morgan fingerprint density at radius 3 is 2.18 bits per heavy atom. The summed E-state index contributed by atoms with van der Waals surface area (Å²) in [4.78, 5) is 21.5. The fourth-order valence-electron chi connectivity index (χ4n) is 0.509. The molecule has 0 aromatic heterocycles. The highest BCUT2D eigenvalue weighted by molar-refractivity contribution is 6.01. The molecule has 0 radical (unpaired) electrons. The number of Topliss-reactive ketones (excluding diaryl/α,β-unsaturated/α-hetero) is 2. The van der Waals surface area contributed by atoms with Crippen molar-refractivity contribution in [3.63, 3.8) is 0 Å². The maximum atomic E-state index is 11.1. The molecule has 0 aliphatic rings. The van der Waals surface area contributed by atoms with Crippen molar-refractivity contribution in [3.05, 3.63) is 0 Å². The summed E-state index contributed by atoms with van der Waals surface area (Å²) in [6.45, 7) is 4.36.